The molecule has 0 aliphatic carbocycles. The summed E-state index contributed by atoms with van der Waals surface area (Å²) in [6.07, 6.45) is 2.01. The van der Waals surface area contributed by atoms with Gasteiger partial charge in [0.15, 0.2) is 0 Å². The molecule has 0 spiro atoms. The van der Waals surface area contributed by atoms with E-state index in [9.17, 15) is 5.11 Å². The molecule has 0 fully saturated rings. The van der Waals surface area contributed by atoms with E-state index in [1.165, 1.54) is 11.1 Å². The average molecular weight is 253 g/mol. The van der Waals surface area contributed by atoms with E-state index >= 15 is 0 Å². The molecule has 2 nitrogen and oxygen atoms in total. The molecule has 1 aromatic rings. The van der Waals surface area contributed by atoms with Crippen molar-refractivity contribution in [2.75, 3.05) is 18.6 Å². The zero-order chi connectivity index (χ0) is 12.9. The maximum atomic E-state index is 10.1. The molecule has 0 amide bonds. The highest BCUT2D eigenvalue weighted by molar-refractivity contribution is 7.98. The van der Waals surface area contributed by atoms with Crippen LogP contribution in [0.25, 0.3) is 0 Å². The second-order valence-corrected chi connectivity index (χ2v) is 5.81. The Hall–Kier alpha value is -0.510. The topological polar surface area (TPSA) is 32.3 Å². The van der Waals surface area contributed by atoms with E-state index in [1.807, 2.05) is 13.2 Å². The van der Waals surface area contributed by atoms with Crippen molar-refractivity contribution in [1.29, 1.82) is 0 Å². The van der Waals surface area contributed by atoms with Gasteiger partial charge in [0.05, 0.1) is 5.60 Å². The smallest absolute Gasteiger partial charge is 0.0833 e. The van der Waals surface area contributed by atoms with Crippen LogP contribution in [0.3, 0.4) is 0 Å². The summed E-state index contributed by atoms with van der Waals surface area (Å²) in [5, 5.41) is 13.5. The largest absolute Gasteiger partial charge is 0.388 e. The molecule has 0 aliphatic heterocycles. The Morgan fingerprint density at radius 2 is 2.18 bits per heavy atom. The van der Waals surface area contributed by atoms with Gasteiger partial charge in [-0.1, -0.05) is 29.8 Å². The Morgan fingerprint density at radius 1 is 1.47 bits per heavy atom. The van der Waals surface area contributed by atoms with Gasteiger partial charge in [-0.2, -0.15) is 11.8 Å². The molecule has 96 valence electrons. The van der Waals surface area contributed by atoms with E-state index < -0.39 is 5.60 Å². The lowest BCUT2D eigenvalue weighted by molar-refractivity contribution is 0.0821. The van der Waals surface area contributed by atoms with Crippen LogP contribution >= 0.6 is 11.8 Å². The zero-order valence-electron chi connectivity index (χ0n) is 11.2. The molecule has 0 aromatic heterocycles. The molecule has 0 heterocycles. The fourth-order valence-corrected chi connectivity index (χ4v) is 2.52. The maximum absolute atomic E-state index is 10.1. The van der Waals surface area contributed by atoms with Gasteiger partial charge in [0.2, 0.25) is 0 Å². The van der Waals surface area contributed by atoms with E-state index in [0.717, 1.165) is 5.75 Å². The second-order valence-electron chi connectivity index (χ2n) is 4.95. The first-order valence-corrected chi connectivity index (χ1v) is 7.35. The highest BCUT2D eigenvalue weighted by Gasteiger charge is 2.20. The molecule has 0 bridgehead atoms. The van der Waals surface area contributed by atoms with Gasteiger partial charge in [-0.3, -0.25) is 0 Å². The Morgan fingerprint density at radius 3 is 2.76 bits per heavy atom. The minimum absolute atomic E-state index is 0.267. The molecule has 17 heavy (non-hydrogen) atoms. The highest BCUT2D eigenvalue weighted by Crippen LogP contribution is 2.16. The summed E-state index contributed by atoms with van der Waals surface area (Å²) in [4.78, 5) is 0. The molecule has 2 N–H and O–H groups in total. The molecule has 2 atom stereocenters. The van der Waals surface area contributed by atoms with Crippen LogP contribution in [0.2, 0.25) is 0 Å². The molecule has 1 rings (SSSR count). The first-order chi connectivity index (χ1) is 7.94. The third-order valence-corrected chi connectivity index (χ3v) is 3.70. The molecule has 0 saturated carbocycles. The zero-order valence-corrected chi connectivity index (χ0v) is 12.0. The lowest BCUT2D eigenvalue weighted by Crippen LogP contribution is -2.40. The summed E-state index contributed by atoms with van der Waals surface area (Å²) in [6, 6.07) is 8.74. The molecule has 3 heteroatoms. The number of nitrogens with one attached hydrogen (secondary N) is 1. The Kier molecular flexibility index (Phi) is 5.50. The van der Waals surface area contributed by atoms with Gasteiger partial charge < -0.3 is 10.4 Å². The standard InChI is InChI=1S/C14H23NOS/c1-11-6-5-7-13(8-11)12(2)15-9-14(3,16)10-17-4/h5-8,12,15-16H,9-10H2,1-4H3. The fourth-order valence-electron chi connectivity index (χ4n) is 1.79. The van der Waals surface area contributed by atoms with E-state index in [2.05, 4.69) is 43.4 Å². The van der Waals surface area contributed by atoms with Crippen molar-refractivity contribution in [2.24, 2.45) is 0 Å². The van der Waals surface area contributed by atoms with Crippen LogP contribution in [0.1, 0.15) is 31.0 Å². The summed E-state index contributed by atoms with van der Waals surface area (Å²) in [6.45, 7) is 6.71. The Balaban J connectivity index is 2.52. The Labute approximate surface area is 109 Å². The van der Waals surface area contributed by atoms with Gasteiger partial charge in [0.25, 0.3) is 0 Å². The van der Waals surface area contributed by atoms with E-state index in [1.54, 1.807) is 11.8 Å². The lowest BCUT2D eigenvalue weighted by Gasteiger charge is -2.25. The van der Waals surface area contributed by atoms with E-state index in [4.69, 9.17) is 0 Å². The summed E-state index contributed by atoms with van der Waals surface area (Å²) < 4.78 is 0. The first-order valence-electron chi connectivity index (χ1n) is 5.96. The van der Waals surface area contributed by atoms with Crippen LogP contribution in [0.5, 0.6) is 0 Å². The van der Waals surface area contributed by atoms with Gasteiger partial charge in [-0.05, 0) is 32.6 Å². The number of aliphatic hydroxyl groups is 1. The van der Waals surface area contributed by atoms with Crippen LogP contribution in [0.15, 0.2) is 24.3 Å². The minimum Gasteiger partial charge on any atom is -0.388 e. The lowest BCUT2D eigenvalue weighted by atomic mass is 10.0. The van der Waals surface area contributed by atoms with Gasteiger partial charge in [0.1, 0.15) is 0 Å². The highest BCUT2D eigenvalue weighted by atomic mass is 32.2. The van der Waals surface area contributed by atoms with Crippen molar-refractivity contribution in [2.45, 2.75) is 32.4 Å². The molecule has 0 aliphatic rings. The second kappa shape index (κ2) is 6.43. The number of aryl methyl sites for hydroxylation is 1. The van der Waals surface area contributed by atoms with Crippen molar-refractivity contribution in [3.63, 3.8) is 0 Å². The minimum atomic E-state index is -0.641. The molecule has 0 saturated heterocycles. The van der Waals surface area contributed by atoms with Crippen molar-refractivity contribution in [3.05, 3.63) is 35.4 Å². The molecule has 1 aromatic carbocycles. The van der Waals surface area contributed by atoms with Crippen LogP contribution in [0, 0.1) is 6.92 Å². The normalized spacial score (nSPS) is 16.5. The molecule has 0 radical (unpaired) electrons. The summed E-state index contributed by atoms with van der Waals surface area (Å²) >= 11 is 1.67. The van der Waals surface area contributed by atoms with Gasteiger partial charge in [-0.25, -0.2) is 0 Å². The molecular formula is C14H23NOS. The maximum Gasteiger partial charge on any atom is 0.0833 e. The van der Waals surface area contributed by atoms with Crippen LogP contribution < -0.4 is 5.32 Å². The fraction of sp³-hybridized carbons (Fsp3) is 0.571. The third kappa shape index (κ3) is 5.11. The SMILES string of the molecule is CSCC(C)(O)CNC(C)c1cccc(C)c1. The van der Waals surface area contributed by atoms with Crippen LogP contribution in [-0.4, -0.2) is 29.3 Å². The van der Waals surface area contributed by atoms with Crippen molar-refractivity contribution in [3.8, 4) is 0 Å². The molecular weight excluding hydrogens is 230 g/mol. The van der Waals surface area contributed by atoms with E-state index in [0.29, 0.717) is 6.54 Å². The average Bonchev–Trinajstić information content (AvgIpc) is 2.26. The summed E-state index contributed by atoms with van der Waals surface area (Å²) in [7, 11) is 0. The predicted octanol–water partition coefficient (Wildman–Crippen LogP) is 2.76. The van der Waals surface area contributed by atoms with Crippen molar-refractivity contribution >= 4 is 11.8 Å². The quantitative estimate of drug-likeness (QED) is 0.817. The third-order valence-electron chi connectivity index (χ3n) is 2.79. The van der Waals surface area contributed by atoms with Gasteiger partial charge >= 0.3 is 0 Å². The van der Waals surface area contributed by atoms with Gasteiger partial charge in [0, 0.05) is 18.3 Å². The number of thioether (sulfide) groups is 1. The predicted molar refractivity (Wildman–Crippen MR) is 76.6 cm³/mol. The van der Waals surface area contributed by atoms with E-state index in [-0.39, 0.29) is 6.04 Å². The summed E-state index contributed by atoms with van der Waals surface area (Å²) in [5.74, 6) is 0.751. The molecule has 2 unspecified atom stereocenters. The van der Waals surface area contributed by atoms with Crippen LogP contribution in [-0.2, 0) is 0 Å². The van der Waals surface area contributed by atoms with Crippen molar-refractivity contribution in [1.82, 2.24) is 5.32 Å². The first kappa shape index (κ1) is 14.6. The summed E-state index contributed by atoms with van der Waals surface area (Å²) in [5.41, 5.74) is 1.90. The number of hydrogen-bond donors (Lipinski definition) is 2. The number of rotatable bonds is 6. The van der Waals surface area contributed by atoms with Crippen molar-refractivity contribution < 1.29 is 5.11 Å². The van der Waals surface area contributed by atoms with Crippen LogP contribution in [0.4, 0.5) is 0 Å². The Bertz CT molecular complexity index is 352. The number of hydrogen-bond acceptors (Lipinski definition) is 3. The number of benzene rings is 1. The van der Waals surface area contributed by atoms with Gasteiger partial charge in [-0.15, -0.1) is 0 Å². The monoisotopic (exact) mass is 253 g/mol.